The third kappa shape index (κ3) is 30.6. The molecule has 0 spiro atoms. The van der Waals surface area contributed by atoms with Gasteiger partial charge in [0.05, 0.1) is 51.3 Å². The summed E-state index contributed by atoms with van der Waals surface area (Å²) >= 11 is 1.45. The lowest BCUT2D eigenvalue weighted by molar-refractivity contribution is -0.140. The number of thioether (sulfide) groups is 1. The third-order valence-electron chi connectivity index (χ3n) is 16.9. The van der Waals surface area contributed by atoms with Gasteiger partial charge in [0, 0.05) is 106 Å². The Labute approximate surface area is 616 Å². The van der Waals surface area contributed by atoms with Crippen LogP contribution in [0.25, 0.3) is 10.9 Å². The number of benzene rings is 2. The van der Waals surface area contributed by atoms with E-state index >= 15 is 0 Å². The summed E-state index contributed by atoms with van der Waals surface area (Å²) in [4.78, 5) is 214. The van der Waals surface area contributed by atoms with E-state index in [-0.39, 0.29) is 128 Å². The van der Waals surface area contributed by atoms with Gasteiger partial charge >= 0.3 is 17.9 Å². The van der Waals surface area contributed by atoms with Crippen LogP contribution in [0.3, 0.4) is 0 Å². The Bertz CT molecular complexity index is 3660. The van der Waals surface area contributed by atoms with E-state index in [2.05, 4.69) is 68.1 Å². The number of fused-ring (bicyclic) bond motifs is 1. The van der Waals surface area contributed by atoms with E-state index in [1.54, 1.807) is 63.9 Å². The number of hydrogen-bond donors (Lipinski definition) is 17. The number of para-hydroxylation sites is 1. The van der Waals surface area contributed by atoms with Crippen LogP contribution in [-0.2, 0) is 80.0 Å². The van der Waals surface area contributed by atoms with Gasteiger partial charge in [0.15, 0.2) is 0 Å². The van der Waals surface area contributed by atoms with Crippen LogP contribution < -0.4 is 64.6 Å². The van der Waals surface area contributed by atoms with Crippen LogP contribution in [0.2, 0.25) is 0 Å². The molecule has 0 radical (unpaired) electrons. The van der Waals surface area contributed by atoms with Gasteiger partial charge < -0.3 is 89.9 Å². The quantitative estimate of drug-likeness (QED) is 0.0203. The molecule has 106 heavy (non-hydrogen) atoms. The summed E-state index contributed by atoms with van der Waals surface area (Å²) in [7, 11) is 0. The maximum atomic E-state index is 14.4. The Hall–Kier alpha value is -10.6. The Morgan fingerprint density at radius 1 is 0.538 bits per heavy atom. The molecule has 0 saturated carbocycles. The van der Waals surface area contributed by atoms with Gasteiger partial charge in [0.1, 0.15) is 42.3 Å². The van der Waals surface area contributed by atoms with Crippen molar-refractivity contribution in [3.8, 4) is 0 Å². The topological polar surface area (TPSA) is 547 Å². The highest BCUT2D eigenvalue weighted by Crippen LogP contribution is 2.20. The second-order valence-electron chi connectivity index (χ2n) is 26.3. The number of aromatic amines is 2. The number of amides is 12. The average molecular weight is 1500 g/mol. The van der Waals surface area contributed by atoms with Gasteiger partial charge in [0.25, 0.3) is 5.91 Å². The molecular weight excluding hydrogens is 1400 g/mol. The minimum atomic E-state index is -1.53. The van der Waals surface area contributed by atoms with Gasteiger partial charge in [0.2, 0.25) is 65.0 Å². The average Bonchev–Trinajstić information content (AvgIpc) is 1.76. The molecule has 0 aliphatic carbocycles. The fourth-order valence-corrected chi connectivity index (χ4v) is 11.7. The first kappa shape index (κ1) is 86.1. The molecule has 1 aliphatic heterocycles. The molecule has 1 fully saturated rings. The second kappa shape index (κ2) is 43.6. The van der Waals surface area contributed by atoms with Crippen molar-refractivity contribution in [3.63, 3.8) is 0 Å². The highest BCUT2D eigenvalue weighted by molar-refractivity contribution is 7.98. The second-order valence-corrected chi connectivity index (χ2v) is 27.3. The number of carboxylic acids is 3. The Morgan fingerprint density at radius 2 is 1.05 bits per heavy atom. The van der Waals surface area contributed by atoms with Gasteiger partial charge in [-0.15, -0.1) is 0 Å². The number of carbonyl (C=O) groups is 15. The maximum Gasteiger partial charge on any atom is 0.317 e. The molecule has 2 aromatic carbocycles. The summed E-state index contributed by atoms with van der Waals surface area (Å²) in [6, 6.07) is 3.43. The lowest BCUT2D eigenvalue weighted by atomic mass is 10.0. The molecule has 0 unspecified atom stereocenters. The SMILES string of the molecule is CSCC[C@H](NC(=O)[C@H](CC(C)C)NC(=O)[C@H](Cc1c[nH]cn1)NC(=O)CNC(=O)[C@@H](NC(=O)[C@H](C)NC(=O)[C@H](Cc1c[nH]c2ccccc12)NC(=O)[C@H](CCC(N)=O)NC(=O)CNC(=O)c1ccc(NC(=O)CN2CCN(CC(=O)O)CCN(CC(=O)O)CCN(CC(=O)O)CC2)cc1)C(C)C)C(N)=O. The molecule has 7 atom stereocenters. The number of anilines is 1. The number of primary amides is 2. The fourth-order valence-electron chi connectivity index (χ4n) is 11.3. The standard InChI is InChI=1S/C68H99N19O18S/c1-39(2)27-50(66(103)80-48(61(70)98)17-26-106-6)81-67(104)52(29-45-31-71-38-75-45)79-55(90)33-74-68(105)60(40(3)4)83-62(99)41(5)76-65(102)51(28-43-30-72-47-10-8-7-9-46(43)47)82-64(101)49(15-16-53(69)88)78-54(89)32-73-63(100)42-11-13-44(14-12-42)77-56(91)34-84-18-20-85(35-57(92)93)22-24-87(37-59(96)97)25-23-86(21-19-84)36-58(94)95/h7-14,30-31,38-41,48-52,60,72H,15-29,32-37H2,1-6H3,(H2,69,88)(H2,70,98)(H,71,75)(H,73,100)(H,74,105)(H,76,102)(H,77,91)(H,78,89)(H,79,90)(H,80,103)(H,81,104)(H,82,101)(H,83,99)(H,92,93)(H,94,95)(H,96,97)/t41-,48-,49-,50-,51-,52-,60-/m0/s1. The van der Waals surface area contributed by atoms with Crippen LogP contribution in [0, 0.1) is 11.8 Å². The molecule has 0 bridgehead atoms. The third-order valence-corrected chi connectivity index (χ3v) is 17.6. The number of imidazole rings is 1. The van der Waals surface area contributed by atoms with E-state index in [4.69, 9.17) is 11.5 Å². The smallest absolute Gasteiger partial charge is 0.317 e. The van der Waals surface area contributed by atoms with Crippen molar-refractivity contribution in [2.24, 2.45) is 23.3 Å². The number of hydrogen-bond acceptors (Lipinski definition) is 21. The van der Waals surface area contributed by atoms with Gasteiger partial charge in [-0.25, -0.2) is 4.98 Å². The number of aliphatic carboxylic acids is 3. The van der Waals surface area contributed by atoms with E-state index < -0.39 is 157 Å². The molecule has 38 heteroatoms. The van der Waals surface area contributed by atoms with E-state index in [9.17, 15) is 87.2 Å². The minimum Gasteiger partial charge on any atom is -0.480 e. The van der Waals surface area contributed by atoms with Gasteiger partial charge in [-0.2, -0.15) is 11.8 Å². The Morgan fingerprint density at radius 3 is 1.58 bits per heavy atom. The first-order valence-electron chi connectivity index (χ1n) is 34.5. The summed E-state index contributed by atoms with van der Waals surface area (Å²) in [6.45, 7) is 7.04. The zero-order valence-corrected chi connectivity index (χ0v) is 61.0. The number of nitrogens with zero attached hydrogens (tertiary/aromatic N) is 5. The van der Waals surface area contributed by atoms with Crippen molar-refractivity contribution < 1.29 is 87.2 Å². The molecule has 19 N–H and O–H groups in total. The van der Waals surface area contributed by atoms with Gasteiger partial charge in [-0.3, -0.25) is 91.5 Å². The lowest BCUT2D eigenvalue weighted by Gasteiger charge is -2.32. The summed E-state index contributed by atoms with van der Waals surface area (Å²) < 4.78 is 0. The van der Waals surface area contributed by atoms with Crippen LogP contribution in [0.1, 0.15) is 81.9 Å². The molecule has 580 valence electrons. The summed E-state index contributed by atoms with van der Waals surface area (Å²) in [5, 5.41) is 55.1. The van der Waals surface area contributed by atoms with Crippen molar-refractivity contribution in [2.45, 2.75) is 115 Å². The van der Waals surface area contributed by atoms with E-state index in [1.807, 2.05) is 20.1 Å². The van der Waals surface area contributed by atoms with E-state index in [0.29, 0.717) is 27.9 Å². The van der Waals surface area contributed by atoms with E-state index in [1.165, 1.54) is 55.5 Å². The van der Waals surface area contributed by atoms with Gasteiger partial charge in [-0.05, 0) is 85.9 Å². The van der Waals surface area contributed by atoms with Gasteiger partial charge in [-0.1, -0.05) is 45.9 Å². The monoisotopic (exact) mass is 1500 g/mol. The molecule has 4 aromatic rings. The maximum absolute atomic E-state index is 14.4. The van der Waals surface area contributed by atoms with Crippen LogP contribution >= 0.6 is 11.8 Å². The van der Waals surface area contributed by atoms with Crippen molar-refractivity contribution >= 4 is 117 Å². The van der Waals surface area contributed by atoms with Crippen molar-refractivity contribution in [1.82, 2.24) is 82.4 Å². The first-order valence-corrected chi connectivity index (χ1v) is 35.9. The number of carbonyl (C=O) groups excluding carboxylic acids is 12. The van der Waals surface area contributed by atoms with Crippen LogP contribution in [0.4, 0.5) is 5.69 Å². The highest BCUT2D eigenvalue weighted by atomic mass is 32.2. The molecule has 1 aliphatic rings. The highest BCUT2D eigenvalue weighted by Gasteiger charge is 2.35. The number of aromatic nitrogens is 3. The molecular formula is C68H99N19O18S. The molecule has 1 saturated heterocycles. The molecule has 2 aromatic heterocycles. The van der Waals surface area contributed by atoms with E-state index in [0.717, 1.165) is 0 Å². The molecule has 12 amide bonds. The Kier molecular flexibility index (Phi) is 35.4. The van der Waals surface area contributed by atoms with Crippen LogP contribution in [0.15, 0.2) is 67.3 Å². The number of H-pyrrole nitrogens is 2. The van der Waals surface area contributed by atoms with Crippen LogP contribution in [-0.4, -0.2) is 285 Å². The molecule has 37 nitrogen and oxygen atoms in total. The largest absolute Gasteiger partial charge is 0.480 e. The summed E-state index contributed by atoms with van der Waals surface area (Å²) in [5.41, 5.74) is 12.9. The molecule has 5 rings (SSSR count). The molecule has 3 heterocycles. The fraction of sp³-hybridized carbons (Fsp3) is 0.529. The summed E-state index contributed by atoms with van der Waals surface area (Å²) in [5.74, 6) is -13.1. The Balaban J connectivity index is 1.21. The predicted octanol–water partition coefficient (Wildman–Crippen LogP) is -3.74. The first-order chi connectivity index (χ1) is 50.3. The number of rotatable bonds is 41. The normalized spacial score (nSPS) is 15.4. The minimum absolute atomic E-state index is 0.0434. The summed E-state index contributed by atoms with van der Waals surface area (Å²) in [6.07, 6.45) is 5.57. The zero-order chi connectivity index (χ0) is 78.2. The number of nitrogens with two attached hydrogens (primary N) is 2. The number of nitrogens with one attached hydrogen (secondary N) is 12. The van der Waals surface area contributed by atoms with Crippen molar-refractivity contribution in [2.75, 3.05) is 109 Å². The van der Waals surface area contributed by atoms with Crippen molar-refractivity contribution in [1.29, 1.82) is 0 Å². The predicted molar refractivity (Wildman–Crippen MR) is 387 cm³/mol. The lowest BCUT2D eigenvalue weighted by Crippen LogP contribution is -2.59. The van der Waals surface area contributed by atoms with Crippen molar-refractivity contribution in [3.05, 3.63) is 84.1 Å². The zero-order valence-electron chi connectivity index (χ0n) is 60.2. The van der Waals surface area contributed by atoms with Crippen LogP contribution in [0.5, 0.6) is 0 Å². The number of carboxylic acid groups (broad SMARTS) is 3.